The van der Waals surface area contributed by atoms with E-state index >= 15 is 0 Å². The van der Waals surface area contributed by atoms with Gasteiger partial charge in [0.2, 0.25) is 0 Å². The van der Waals surface area contributed by atoms with Crippen molar-refractivity contribution in [3.05, 3.63) is 95.6 Å². The number of benzene rings is 3. The number of hydrogen-bond donors (Lipinski definition) is 3. The van der Waals surface area contributed by atoms with Gasteiger partial charge in [0.15, 0.2) is 0 Å². The first-order chi connectivity index (χ1) is 16.5. The normalized spacial score (nSPS) is 12.7. The minimum absolute atomic E-state index is 0.0459. The van der Waals surface area contributed by atoms with E-state index in [2.05, 4.69) is 10.6 Å². The lowest BCUT2D eigenvalue weighted by Gasteiger charge is -2.18. The summed E-state index contributed by atoms with van der Waals surface area (Å²) >= 11 is 0. The molecule has 3 N–H and O–H groups in total. The molecule has 1 atom stereocenters. The molecule has 0 fully saturated rings. The predicted molar refractivity (Wildman–Crippen MR) is 124 cm³/mol. The molecule has 0 unspecified atom stereocenters. The Labute approximate surface area is 196 Å². The quantitative estimate of drug-likeness (QED) is 0.470. The zero-order chi connectivity index (χ0) is 23.9. The van der Waals surface area contributed by atoms with E-state index in [4.69, 9.17) is 9.47 Å². The minimum atomic E-state index is -1.38. The Hall–Kier alpha value is -4.33. The molecular formula is C26H24N2O6. The number of amides is 2. The molecule has 174 valence electrons. The van der Waals surface area contributed by atoms with Gasteiger partial charge in [0.1, 0.15) is 19.3 Å². The molecule has 0 saturated carbocycles. The number of hydrogen-bond acceptors (Lipinski definition) is 5. The second-order valence-electron chi connectivity index (χ2n) is 7.80. The molecule has 8 nitrogen and oxygen atoms in total. The molecule has 1 aliphatic rings. The molecule has 1 aliphatic carbocycles. The van der Waals surface area contributed by atoms with Gasteiger partial charge >= 0.3 is 18.2 Å². The van der Waals surface area contributed by atoms with E-state index in [0.717, 1.165) is 27.8 Å². The lowest BCUT2D eigenvalue weighted by molar-refractivity contribution is -0.139. The average molecular weight is 460 g/mol. The summed E-state index contributed by atoms with van der Waals surface area (Å²) in [6.07, 6.45) is -1.67. The molecule has 0 aromatic heterocycles. The highest BCUT2D eigenvalue weighted by molar-refractivity contribution is 5.81. The van der Waals surface area contributed by atoms with Crippen molar-refractivity contribution in [3.63, 3.8) is 0 Å². The smallest absolute Gasteiger partial charge is 0.407 e. The highest BCUT2D eigenvalue weighted by Crippen LogP contribution is 2.44. The van der Waals surface area contributed by atoms with Crippen LogP contribution in [0.15, 0.2) is 78.9 Å². The Morgan fingerprint density at radius 1 is 0.794 bits per heavy atom. The number of nitrogens with one attached hydrogen (secondary N) is 2. The number of aliphatic carboxylic acids is 1. The molecule has 3 aromatic rings. The van der Waals surface area contributed by atoms with Crippen LogP contribution in [0.5, 0.6) is 0 Å². The van der Waals surface area contributed by atoms with Gasteiger partial charge in [0, 0.05) is 5.92 Å². The van der Waals surface area contributed by atoms with Crippen LogP contribution in [0.1, 0.15) is 22.6 Å². The van der Waals surface area contributed by atoms with Gasteiger partial charge in [-0.15, -0.1) is 0 Å². The molecule has 0 saturated heterocycles. The van der Waals surface area contributed by atoms with Crippen LogP contribution in [0.25, 0.3) is 11.1 Å². The first-order valence-electron chi connectivity index (χ1n) is 10.8. The molecule has 2 amide bonds. The Kier molecular flexibility index (Phi) is 7.07. The van der Waals surface area contributed by atoms with Crippen molar-refractivity contribution in [3.8, 4) is 11.1 Å². The van der Waals surface area contributed by atoms with Crippen LogP contribution >= 0.6 is 0 Å². The molecule has 0 aliphatic heterocycles. The summed E-state index contributed by atoms with van der Waals surface area (Å²) in [6.45, 7) is -0.254. The highest BCUT2D eigenvalue weighted by Gasteiger charge is 2.29. The fraction of sp³-hybridized carbons (Fsp3) is 0.192. The zero-order valence-electron chi connectivity index (χ0n) is 18.3. The first-order valence-corrected chi connectivity index (χ1v) is 10.8. The second-order valence-corrected chi connectivity index (χ2v) is 7.80. The SMILES string of the molecule is O=C(NC[C@H](NC(=O)OCC1c2ccccc2-c2ccccc21)C(=O)O)OCc1ccccc1. The van der Waals surface area contributed by atoms with E-state index in [1.54, 1.807) is 12.1 Å². The third-order valence-corrected chi connectivity index (χ3v) is 5.60. The summed E-state index contributed by atoms with van der Waals surface area (Å²) < 4.78 is 10.4. The summed E-state index contributed by atoms with van der Waals surface area (Å²) in [5, 5.41) is 14.1. The van der Waals surface area contributed by atoms with E-state index in [1.807, 2.05) is 66.7 Å². The van der Waals surface area contributed by atoms with Gasteiger partial charge in [-0.05, 0) is 27.8 Å². The maximum absolute atomic E-state index is 12.4. The van der Waals surface area contributed by atoms with Crippen molar-refractivity contribution in [2.75, 3.05) is 13.2 Å². The fourth-order valence-electron chi connectivity index (χ4n) is 3.94. The van der Waals surface area contributed by atoms with Gasteiger partial charge < -0.3 is 25.2 Å². The van der Waals surface area contributed by atoms with Crippen LogP contribution < -0.4 is 10.6 Å². The summed E-state index contributed by atoms with van der Waals surface area (Å²) in [7, 11) is 0. The molecular weight excluding hydrogens is 436 g/mol. The van der Waals surface area contributed by atoms with Crippen molar-refractivity contribution in [1.82, 2.24) is 10.6 Å². The summed E-state index contributed by atoms with van der Waals surface area (Å²) in [4.78, 5) is 35.8. The summed E-state index contributed by atoms with van der Waals surface area (Å²) in [5.41, 5.74) is 5.08. The maximum atomic E-state index is 12.4. The molecule has 4 rings (SSSR count). The maximum Gasteiger partial charge on any atom is 0.407 e. The van der Waals surface area contributed by atoms with Gasteiger partial charge in [-0.1, -0.05) is 78.9 Å². The molecule has 0 bridgehead atoms. The minimum Gasteiger partial charge on any atom is -0.480 e. The van der Waals surface area contributed by atoms with E-state index in [-0.39, 0.29) is 25.7 Å². The molecule has 34 heavy (non-hydrogen) atoms. The van der Waals surface area contributed by atoms with Crippen molar-refractivity contribution in [1.29, 1.82) is 0 Å². The second kappa shape index (κ2) is 10.5. The monoisotopic (exact) mass is 460 g/mol. The summed E-state index contributed by atoms with van der Waals surface area (Å²) in [6, 6.07) is 23.5. The van der Waals surface area contributed by atoms with Crippen LogP contribution in [0.2, 0.25) is 0 Å². The lowest BCUT2D eigenvalue weighted by Crippen LogP contribution is -2.48. The fourth-order valence-corrected chi connectivity index (χ4v) is 3.94. The van der Waals surface area contributed by atoms with Gasteiger partial charge in [-0.3, -0.25) is 0 Å². The number of ether oxygens (including phenoxy) is 2. The van der Waals surface area contributed by atoms with E-state index in [9.17, 15) is 19.5 Å². The third-order valence-electron chi connectivity index (χ3n) is 5.60. The topological polar surface area (TPSA) is 114 Å². The summed E-state index contributed by atoms with van der Waals surface area (Å²) in [5.74, 6) is -1.45. The number of rotatable bonds is 8. The van der Waals surface area contributed by atoms with Gasteiger partial charge in [-0.2, -0.15) is 0 Å². The molecule has 0 heterocycles. The Balaban J connectivity index is 1.29. The number of fused-ring (bicyclic) bond motifs is 3. The average Bonchev–Trinajstić information content (AvgIpc) is 3.18. The van der Waals surface area contributed by atoms with Crippen LogP contribution in [0.3, 0.4) is 0 Å². The van der Waals surface area contributed by atoms with Crippen molar-refractivity contribution in [2.45, 2.75) is 18.6 Å². The van der Waals surface area contributed by atoms with Crippen molar-refractivity contribution < 1.29 is 29.0 Å². The van der Waals surface area contributed by atoms with Crippen LogP contribution in [0.4, 0.5) is 9.59 Å². The largest absolute Gasteiger partial charge is 0.480 e. The molecule has 0 radical (unpaired) electrons. The van der Waals surface area contributed by atoms with Crippen LogP contribution in [-0.4, -0.2) is 42.5 Å². The van der Waals surface area contributed by atoms with Crippen LogP contribution in [0, 0.1) is 0 Å². The van der Waals surface area contributed by atoms with Gasteiger partial charge in [0.25, 0.3) is 0 Å². The number of carboxylic acids is 1. The van der Waals surface area contributed by atoms with Crippen molar-refractivity contribution in [2.24, 2.45) is 0 Å². The van der Waals surface area contributed by atoms with Crippen molar-refractivity contribution >= 4 is 18.2 Å². The van der Waals surface area contributed by atoms with Crippen LogP contribution in [-0.2, 0) is 20.9 Å². The van der Waals surface area contributed by atoms with Gasteiger partial charge in [0.05, 0.1) is 6.54 Å². The molecule has 0 spiro atoms. The van der Waals surface area contributed by atoms with E-state index < -0.39 is 24.2 Å². The number of carbonyl (C=O) groups is 3. The van der Waals surface area contributed by atoms with E-state index in [0.29, 0.717) is 0 Å². The lowest BCUT2D eigenvalue weighted by atomic mass is 9.98. The number of carboxylic acid groups (broad SMARTS) is 1. The standard InChI is InChI=1S/C26H24N2O6/c29-24(30)23(14-27-25(31)33-15-17-8-2-1-3-9-17)28-26(32)34-16-22-20-12-6-4-10-18(20)19-11-5-7-13-21(19)22/h1-13,22-23H,14-16H2,(H,27,31)(H,28,32)(H,29,30)/t23-/m0/s1. The first kappa shape index (κ1) is 22.8. The molecule has 3 aromatic carbocycles. The highest BCUT2D eigenvalue weighted by atomic mass is 16.6. The Morgan fingerprint density at radius 3 is 2.00 bits per heavy atom. The zero-order valence-corrected chi connectivity index (χ0v) is 18.3. The Bertz CT molecular complexity index is 1140. The number of carbonyl (C=O) groups excluding carboxylic acids is 2. The number of alkyl carbamates (subject to hydrolysis) is 2. The third kappa shape index (κ3) is 5.35. The van der Waals surface area contributed by atoms with E-state index in [1.165, 1.54) is 0 Å². The Morgan fingerprint density at radius 2 is 1.38 bits per heavy atom. The van der Waals surface area contributed by atoms with Gasteiger partial charge in [-0.25, -0.2) is 14.4 Å². The predicted octanol–water partition coefficient (Wildman–Crippen LogP) is 3.90. The molecule has 8 heteroatoms.